The van der Waals surface area contributed by atoms with Crippen LogP contribution in [0.15, 0.2) is 46.0 Å². The summed E-state index contributed by atoms with van der Waals surface area (Å²) in [5, 5.41) is -0.780. The molecule has 1 N–H and O–H groups in total. The van der Waals surface area contributed by atoms with E-state index < -0.39 is 26.7 Å². The number of hydrogen-bond acceptors (Lipinski definition) is 3. The van der Waals surface area contributed by atoms with Gasteiger partial charge in [-0.2, -0.15) is 8.42 Å². The smallest absolute Gasteiger partial charge is 0.275 e. The van der Waals surface area contributed by atoms with Crippen molar-refractivity contribution < 1.29 is 17.2 Å². The third-order valence-electron chi connectivity index (χ3n) is 2.15. The van der Waals surface area contributed by atoms with Gasteiger partial charge in [-0.1, -0.05) is 15.9 Å². The van der Waals surface area contributed by atoms with Crippen LogP contribution in [0.3, 0.4) is 0 Å². The molecule has 4 nitrogen and oxygen atoms in total. The molecule has 19 heavy (non-hydrogen) atoms. The molecule has 0 radical (unpaired) electrons. The lowest BCUT2D eigenvalue weighted by Gasteiger charge is -2.08. The van der Waals surface area contributed by atoms with Crippen LogP contribution >= 0.6 is 15.9 Å². The molecule has 100 valence electrons. The van der Waals surface area contributed by atoms with Gasteiger partial charge in [-0.25, -0.2) is 13.8 Å². The predicted molar refractivity (Wildman–Crippen MR) is 69.1 cm³/mol. The number of rotatable bonds is 3. The molecule has 1 aromatic carbocycles. The van der Waals surface area contributed by atoms with E-state index in [4.69, 9.17) is 0 Å². The molecule has 0 unspecified atom stereocenters. The first-order valence-corrected chi connectivity index (χ1v) is 7.26. The molecule has 0 bridgehead atoms. The molecule has 0 aliphatic carbocycles. The van der Waals surface area contributed by atoms with Crippen LogP contribution in [0.5, 0.6) is 0 Å². The van der Waals surface area contributed by atoms with Gasteiger partial charge in [0.25, 0.3) is 10.0 Å². The Bertz CT molecular complexity index is 722. The topological polar surface area (TPSA) is 59.1 Å². The molecule has 2 aromatic rings. The number of halogens is 3. The lowest BCUT2D eigenvalue weighted by Crippen LogP contribution is -2.16. The van der Waals surface area contributed by atoms with Gasteiger partial charge in [0.05, 0.1) is 5.69 Å². The summed E-state index contributed by atoms with van der Waals surface area (Å²) in [4.78, 5) is 3.44. The highest BCUT2D eigenvalue weighted by atomic mass is 79.9. The number of nitrogens with one attached hydrogen (secondary N) is 1. The van der Waals surface area contributed by atoms with Crippen molar-refractivity contribution in [1.82, 2.24) is 4.98 Å². The molecule has 0 atom stereocenters. The zero-order chi connectivity index (χ0) is 14.0. The number of nitrogens with zero attached hydrogens (tertiary/aromatic N) is 1. The van der Waals surface area contributed by atoms with E-state index in [1.54, 1.807) is 0 Å². The Hall–Kier alpha value is -1.54. The summed E-state index contributed by atoms with van der Waals surface area (Å²) in [5.74, 6) is -1.79. The van der Waals surface area contributed by atoms with Crippen LogP contribution in [0.4, 0.5) is 14.5 Å². The molecular formula is C11H7BrF2N2O2S. The first-order chi connectivity index (χ1) is 8.90. The molecule has 0 saturated heterocycles. The second-order valence-electron chi connectivity index (χ2n) is 3.52. The third-order valence-corrected chi connectivity index (χ3v) is 3.95. The van der Waals surface area contributed by atoms with Gasteiger partial charge in [0, 0.05) is 10.7 Å². The molecule has 0 saturated carbocycles. The number of hydrogen-bond donors (Lipinski definition) is 1. The first kappa shape index (κ1) is 13.9. The minimum absolute atomic E-state index is 0.284. The van der Waals surface area contributed by atoms with E-state index in [0.29, 0.717) is 4.47 Å². The molecule has 8 heteroatoms. The highest BCUT2D eigenvalue weighted by Gasteiger charge is 2.21. The van der Waals surface area contributed by atoms with Crippen LogP contribution in [-0.4, -0.2) is 13.4 Å². The number of anilines is 1. The van der Waals surface area contributed by atoms with Crippen LogP contribution in [-0.2, 0) is 10.0 Å². The van der Waals surface area contributed by atoms with Gasteiger partial charge in [0.1, 0.15) is 5.82 Å². The van der Waals surface area contributed by atoms with Crippen molar-refractivity contribution in [1.29, 1.82) is 0 Å². The Kier molecular flexibility index (Phi) is 3.81. The van der Waals surface area contributed by atoms with Gasteiger partial charge in [-0.05, 0) is 30.3 Å². The van der Waals surface area contributed by atoms with Crippen molar-refractivity contribution in [3.05, 3.63) is 52.6 Å². The predicted octanol–water partition coefficient (Wildman–Crippen LogP) is 2.92. The van der Waals surface area contributed by atoms with Crippen molar-refractivity contribution in [2.75, 3.05) is 4.72 Å². The van der Waals surface area contributed by atoms with E-state index in [-0.39, 0.29) is 5.69 Å². The second-order valence-corrected chi connectivity index (χ2v) is 6.03. The summed E-state index contributed by atoms with van der Waals surface area (Å²) in [6, 6.07) is 5.98. The van der Waals surface area contributed by atoms with Crippen LogP contribution in [0, 0.1) is 11.6 Å². The normalized spacial score (nSPS) is 11.3. The summed E-state index contributed by atoms with van der Waals surface area (Å²) in [6.07, 6.45) is 1.13. The Morgan fingerprint density at radius 2 is 1.89 bits per heavy atom. The summed E-state index contributed by atoms with van der Waals surface area (Å²) >= 11 is 3.04. The average Bonchev–Trinajstić information content (AvgIpc) is 2.33. The van der Waals surface area contributed by atoms with Crippen molar-refractivity contribution in [3.8, 4) is 0 Å². The number of sulfonamides is 1. The lowest BCUT2D eigenvalue weighted by molar-refractivity contribution is 0.556. The second kappa shape index (κ2) is 5.22. The minimum atomic E-state index is -4.27. The molecule has 1 aromatic heterocycles. The van der Waals surface area contributed by atoms with Gasteiger partial charge in [-0.15, -0.1) is 0 Å². The van der Waals surface area contributed by atoms with E-state index in [1.165, 1.54) is 18.2 Å². The SMILES string of the molecule is O=S(=O)(Nc1ccc(Br)cc1F)c1ncccc1F. The molecule has 0 amide bonds. The van der Waals surface area contributed by atoms with Crippen molar-refractivity contribution >= 4 is 31.6 Å². The zero-order valence-corrected chi connectivity index (χ0v) is 11.7. The van der Waals surface area contributed by atoms with E-state index in [0.717, 1.165) is 18.3 Å². The Morgan fingerprint density at radius 1 is 1.16 bits per heavy atom. The number of benzene rings is 1. The minimum Gasteiger partial charge on any atom is -0.275 e. The molecule has 1 heterocycles. The quantitative estimate of drug-likeness (QED) is 0.927. The van der Waals surface area contributed by atoms with Gasteiger partial charge in [0.2, 0.25) is 5.03 Å². The van der Waals surface area contributed by atoms with Gasteiger partial charge in [-0.3, -0.25) is 4.72 Å². The summed E-state index contributed by atoms with van der Waals surface area (Å²) in [5.41, 5.74) is -0.284. The maximum absolute atomic E-state index is 13.5. The lowest BCUT2D eigenvalue weighted by atomic mass is 10.3. The fraction of sp³-hybridized carbons (Fsp3) is 0. The van der Waals surface area contributed by atoms with Gasteiger partial charge in [0.15, 0.2) is 5.82 Å². The fourth-order valence-corrected chi connectivity index (χ4v) is 2.74. The third kappa shape index (κ3) is 3.07. The van der Waals surface area contributed by atoms with Crippen molar-refractivity contribution in [2.24, 2.45) is 0 Å². The largest absolute Gasteiger partial charge is 0.282 e. The van der Waals surface area contributed by atoms with Crippen molar-refractivity contribution in [2.45, 2.75) is 5.03 Å². The zero-order valence-electron chi connectivity index (χ0n) is 9.27. The maximum atomic E-state index is 13.5. The fourth-order valence-electron chi connectivity index (χ4n) is 1.33. The van der Waals surface area contributed by atoms with E-state index in [2.05, 4.69) is 20.9 Å². The number of pyridine rings is 1. The van der Waals surface area contributed by atoms with Gasteiger partial charge < -0.3 is 0 Å². The van der Waals surface area contributed by atoms with Crippen molar-refractivity contribution in [3.63, 3.8) is 0 Å². The van der Waals surface area contributed by atoms with E-state index >= 15 is 0 Å². The summed E-state index contributed by atoms with van der Waals surface area (Å²) in [6.45, 7) is 0. The van der Waals surface area contributed by atoms with Gasteiger partial charge >= 0.3 is 0 Å². The highest BCUT2D eigenvalue weighted by molar-refractivity contribution is 9.10. The van der Waals surface area contributed by atoms with Crippen LogP contribution in [0.25, 0.3) is 0 Å². The molecule has 0 aliphatic rings. The Balaban J connectivity index is 2.40. The standard InChI is InChI=1S/C11H7BrF2N2O2S/c12-7-3-4-10(9(14)6-7)16-19(17,18)11-8(13)2-1-5-15-11/h1-6,16H. The van der Waals surface area contributed by atoms with Crippen LogP contribution < -0.4 is 4.72 Å². The monoisotopic (exact) mass is 348 g/mol. The summed E-state index contributed by atoms with van der Waals surface area (Å²) < 4.78 is 53.0. The molecule has 2 rings (SSSR count). The average molecular weight is 349 g/mol. The number of aromatic nitrogens is 1. The molecular weight excluding hydrogens is 342 g/mol. The van der Waals surface area contributed by atoms with Crippen LogP contribution in [0.2, 0.25) is 0 Å². The first-order valence-electron chi connectivity index (χ1n) is 4.98. The molecule has 0 spiro atoms. The molecule has 0 aliphatic heterocycles. The van der Waals surface area contributed by atoms with E-state index in [9.17, 15) is 17.2 Å². The Labute approximate surface area is 116 Å². The highest BCUT2D eigenvalue weighted by Crippen LogP contribution is 2.22. The molecule has 0 fully saturated rings. The van der Waals surface area contributed by atoms with E-state index in [1.807, 2.05) is 4.72 Å². The Morgan fingerprint density at radius 3 is 2.53 bits per heavy atom. The maximum Gasteiger partial charge on any atom is 0.282 e. The van der Waals surface area contributed by atoms with Crippen LogP contribution in [0.1, 0.15) is 0 Å². The summed E-state index contributed by atoms with van der Waals surface area (Å²) in [7, 11) is -4.27.